The molecule has 2 aromatic rings. The van der Waals surface area contributed by atoms with Crippen LogP contribution in [0.15, 0.2) is 35.1 Å². The fraction of sp³-hybridized carbons (Fsp3) is 0.409. The van der Waals surface area contributed by atoms with Crippen LogP contribution in [-0.2, 0) is 11.3 Å². The van der Waals surface area contributed by atoms with E-state index in [9.17, 15) is 14.4 Å². The Morgan fingerprint density at radius 3 is 2.48 bits per heavy atom. The Labute approximate surface area is 179 Å². The van der Waals surface area contributed by atoms with Gasteiger partial charge in [-0.1, -0.05) is 6.07 Å². The highest BCUT2D eigenvalue weighted by Crippen LogP contribution is 2.36. The predicted molar refractivity (Wildman–Crippen MR) is 113 cm³/mol. The number of benzene rings is 1. The van der Waals surface area contributed by atoms with Crippen molar-refractivity contribution in [2.75, 3.05) is 39.7 Å². The third-order valence-electron chi connectivity index (χ3n) is 5.94. The monoisotopic (exact) mass is 427 g/mol. The van der Waals surface area contributed by atoms with Gasteiger partial charge < -0.3 is 29.0 Å². The van der Waals surface area contributed by atoms with Gasteiger partial charge >= 0.3 is 12.0 Å². The molecule has 2 aliphatic heterocycles. The molecule has 164 valence electrons. The number of piperidine rings is 1. The maximum atomic E-state index is 13.1. The number of rotatable bonds is 4. The van der Waals surface area contributed by atoms with Crippen LogP contribution in [0, 0.1) is 5.92 Å². The summed E-state index contributed by atoms with van der Waals surface area (Å²) in [6.07, 6.45) is 0.941. The molecule has 1 fully saturated rings. The molecule has 1 aromatic carbocycles. The summed E-state index contributed by atoms with van der Waals surface area (Å²) in [6, 6.07) is 7.99. The lowest BCUT2D eigenvalue weighted by molar-refractivity contribution is 0.0601. The number of urea groups is 1. The van der Waals surface area contributed by atoms with Gasteiger partial charge in [0.05, 0.1) is 32.6 Å². The smallest absolute Gasteiger partial charge is 0.340 e. The molecule has 0 saturated carbocycles. The number of pyridine rings is 1. The Morgan fingerprint density at radius 1 is 1.03 bits per heavy atom. The molecule has 0 aliphatic carbocycles. The van der Waals surface area contributed by atoms with E-state index in [1.807, 2.05) is 10.6 Å². The highest BCUT2D eigenvalue weighted by atomic mass is 16.5. The van der Waals surface area contributed by atoms with E-state index in [4.69, 9.17) is 14.2 Å². The molecular formula is C22H25N3O6. The molecule has 9 nitrogen and oxygen atoms in total. The van der Waals surface area contributed by atoms with E-state index in [2.05, 4.69) is 5.32 Å². The first-order valence-corrected chi connectivity index (χ1v) is 10.0. The maximum absolute atomic E-state index is 13.1. The van der Waals surface area contributed by atoms with Crippen LogP contribution < -0.4 is 20.3 Å². The number of carbonyl (C=O) groups excluding carboxylic acids is 2. The predicted octanol–water partition coefficient (Wildman–Crippen LogP) is 2.30. The lowest BCUT2D eigenvalue weighted by atomic mass is 9.83. The number of carbonyl (C=O) groups is 2. The third kappa shape index (κ3) is 3.83. The summed E-state index contributed by atoms with van der Waals surface area (Å²) in [4.78, 5) is 39.3. The van der Waals surface area contributed by atoms with E-state index in [-0.39, 0.29) is 34.7 Å². The number of nitrogens with zero attached hydrogens (tertiary/aromatic N) is 2. The Bertz CT molecular complexity index is 1080. The molecule has 1 N–H and O–H groups in total. The summed E-state index contributed by atoms with van der Waals surface area (Å²) in [6.45, 7) is 1.62. The zero-order chi connectivity index (χ0) is 22.1. The van der Waals surface area contributed by atoms with Crippen molar-refractivity contribution in [1.29, 1.82) is 0 Å². The molecule has 2 bridgehead atoms. The average Bonchev–Trinajstić information content (AvgIpc) is 2.78. The largest absolute Gasteiger partial charge is 0.493 e. The van der Waals surface area contributed by atoms with Crippen molar-refractivity contribution in [1.82, 2.24) is 9.47 Å². The second-order valence-corrected chi connectivity index (χ2v) is 7.78. The van der Waals surface area contributed by atoms with Gasteiger partial charge in [0.25, 0.3) is 5.56 Å². The zero-order valence-electron chi connectivity index (χ0n) is 17.7. The second kappa shape index (κ2) is 8.33. The van der Waals surface area contributed by atoms with Gasteiger partial charge in [-0.2, -0.15) is 0 Å². The molecule has 9 heteroatoms. The first-order valence-electron chi connectivity index (χ1n) is 10.0. The molecule has 2 amide bonds. The second-order valence-electron chi connectivity index (χ2n) is 7.78. The summed E-state index contributed by atoms with van der Waals surface area (Å²) in [5, 5.41) is 2.83. The van der Waals surface area contributed by atoms with Gasteiger partial charge in [0.15, 0.2) is 11.5 Å². The lowest BCUT2D eigenvalue weighted by Crippen LogP contribution is -2.50. The van der Waals surface area contributed by atoms with E-state index in [1.165, 1.54) is 27.4 Å². The van der Waals surface area contributed by atoms with Gasteiger partial charge in [0.2, 0.25) is 0 Å². The lowest BCUT2D eigenvalue weighted by Gasteiger charge is -2.42. The van der Waals surface area contributed by atoms with E-state index >= 15 is 0 Å². The van der Waals surface area contributed by atoms with Crippen molar-refractivity contribution in [2.45, 2.75) is 18.9 Å². The Morgan fingerprint density at radius 2 is 1.77 bits per heavy atom. The van der Waals surface area contributed by atoms with E-state index in [0.29, 0.717) is 31.1 Å². The number of methoxy groups -OCH3 is 3. The molecule has 0 spiro atoms. The number of hydrogen-bond acceptors (Lipinski definition) is 6. The van der Waals surface area contributed by atoms with Gasteiger partial charge in [-0.05, 0) is 18.4 Å². The topological polar surface area (TPSA) is 99.1 Å². The molecule has 1 saturated heterocycles. The van der Waals surface area contributed by atoms with Crippen LogP contribution in [0.5, 0.6) is 11.5 Å². The fourth-order valence-corrected chi connectivity index (χ4v) is 4.52. The number of fused-ring (bicyclic) bond motifs is 4. The van der Waals surface area contributed by atoms with Gasteiger partial charge in [0.1, 0.15) is 0 Å². The van der Waals surface area contributed by atoms with Crippen LogP contribution in [0.2, 0.25) is 0 Å². The van der Waals surface area contributed by atoms with E-state index < -0.39 is 5.97 Å². The molecule has 4 rings (SSSR count). The fourth-order valence-electron chi connectivity index (χ4n) is 4.52. The number of hydrogen-bond donors (Lipinski definition) is 1. The average molecular weight is 427 g/mol. The van der Waals surface area contributed by atoms with Crippen molar-refractivity contribution in [2.24, 2.45) is 5.92 Å². The van der Waals surface area contributed by atoms with Crippen molar-refractivity contribution in [3.8, 4) is 11.5 Å². The minimum absolute atomic E-state index is 0.00171. The summed E-state index contributed by atoms with van der Waals surface area (Å²) >= 11 is 0. The molecule has 3 heterocycles. The van der Waals surface area contributed by atoms with Gasteiger partial charge in [-0.3, -0.25) is 4.79 Å². The van der Waals surface area contributed by atoms with Crippen molar-refractivity contribution in [3.63, 3.8) is 0 Å². The molecule has 31 heavy (non-hydrogen) atoms. The van der Waals surface area contributed by atoms with Crippen LogP contribution in [0.3, 0.4) is 0 Å². The van der Waals surface area contributed by atoms with Crippen molar-refractivity contribution >= 4 is 17.7 Å². The number of amides is 2. The molecule has 1 aromatic heterocycles. The Kier molecular flexibility index (Phi) is 5.58. The summed E-state index contributed by atoms with van der Waals surface area (Å²) in [5.41, 5.74) is 1.41. The number of aromatic nitrogens is 1. The van der Waals surface area contributed by atoms with Crippen LogP contribution in [0.4, 0.5) is 10.5 Å². The first-order chi connectivity index (χ1) is 14.9. The number of esters is 1. The molecule has 2 unspecified atom stereocenters. The minimum Gasteiger partial charge on any atom is -0.493 e. The molecule has 2 aliphatic rings. The molecule has 0 radical (unpaired) electrons. The van der Waals surface area contributed by atoms with Crippen molar-refractivity contribution in [3.05, 3.63) is 51.9 Å². The summed E-state index contributed by atoms with van der Waals surface area (Å²) in [5.74, 6) is 0.435. The number of ether oxygens (including phenoxy) is 3. The maximum Gasteiger partial charge on any atom is 0.340 e. The van der Waals surface area contributed by atoms with Crippen LogP contribution in [-0.4, -0.2) is 55.9 Å². The van der Waals surface area contributed by atoms with Gasteiger partial charge in [0, 0.05) is 49.4 Å². The standard InChI is InChI=1S/C22H25N3O6/c1-29-18-8-15(21(27)31-3)16(9-19(18)30-2)23-22(28)24-10-13-7-14(12-24)17-5-4-6-20(26)25(17)11-13/h4-6,8-9,13-14H,7,10-12H2,1-3H3,(H,23,28). The van der Waals surface area contributed by atoms with Gasteiger partial charge in [-0.25, -0.2) is 9.59 Å². The summed E-state index contributed by atoms with van der Waals surface area (Å²) < 4.78 is 17.2. The van der Waals surface area contributed by atoms with Crippen molar-refractivity contribution < 1.29 is 23.8 Å². The SMILES string of the molecule is COC(=O)c1cc(OC)c(OC)cc1NC(=O)N1CC2CC(C1)c1cccc(=O)n1C2. The normalized spacial score (nSPS) is 19.3. The van der Waals surface area contributed by atoms with Crippen LogP contribution >= 0.6 is 0 Å². The first kappa shape index (κ1) is 20.8. The number of likely N-dealkylation sites (tertiary alicyclic amines) is 1. The Balaban J connectivity index is 1.59. The molecular weight excluding hydrogens is 402 g/mol. The van der Waals surface area contributed by atoms with Gasteiger partial charge in [-0.15, -0.1) is 0 Å². The quantitative estimate of drug-likeness (QED) is 0.752. The third-order valence-corrected chi connectivity index (χ3v) is 5.94. The highest BCUT2D eigenvalue weighted by molar-refractivity contribution is 6.01. The Hall–Kier alpha value is -3.49. The highest BCUT2D eigenvalue weighted by Gasteiger charge is 2.36. The number of nitrogens with one attached hydrogen (secondary N) is 1. The molecule has 2 atom stereocenters. The number of anilines is 1. The summed E-state index contributed by atoms with van der Waals surface area (Å²) in [7, 11) is 4.22. The van der Waals surface area contributed by atoms with E-state index in [1.54, 1.807) is 23.1 Å². The van der Waals surface area contributed by atoms with E-state index in [0.717, 1.165) is 12.1 Å². The van der Waals surface area contributed by atoms with Crippen LogP contribution in [0.1, 0.15) is 28.4 Å². The van der Waals surface area contributed by atoms with Crippen LogP contribution in [0.25, 0.3) is 0 Å². The zero-order valence-corrected chi connectivity index (χ0v) is 17.7. The minimum atomic E-state index is -0.597.